The number of fused-ring (bicyclic) bond motifs is 1. The van der Waals surface area contributed by atoms with Gasteiger partial charge in [-0.15, -0.1) is 0 Å². The molecule has 0 fully saturated rings. The summed E-state index contributed by atoms with van der Waals surface area (Å²) in [4.78, 5) is 26.0. The lowest BCUT2D eigenvalue weighted by Gasteiger charge is -2.07. The number of azide groups is 1. The second kappa shape index (κ2) is 5.46. The number of nitrogens with one attached hydrogen (secondary N) is 1. The van der Waals surface area contributed by atoms with Crippen LogP contribution in [0, 0.1) is 6.92 Å². The first-order valence-electron chi connectivity index (χ1n) is 5.89. The Labute approximate surface area is 113 Å². The van der Waals surface area contributed by atoms with Crippen molar-refractivity contribution in [1.82, 2.24) is 5.32 Å². The minimum Gasteiger partial charge on any atom is -0.422 e. The summed E-state index contributed by atoms with van der Waals surface area (Å²) < 4.78 is 5.19. The van der Waals surface area contributed by atoms with Crippen LogP contribution in [0.25, 0.3) is 21.4 Å². The predicted octanol–water partition coefficient (Wildman–Crippen LogP) is 2.33. The van der Waals surface area contributed by atoms with E-state index in [1.807, 2.05) is 0 Å². The molecule has 0 saturated carbocycles. The zero-order chi connectivity index (χ0) is 14.7. The number of hydrogen-bond acceptors (Lipinski definition) is 4. The van der Waals surface area contributed by atoms with Gasteiger partial charge in [0.25, 0.3) is 0 Å². The quantitative estimate of drug-likeness (QED) is 0.401. The summed E-state index contributed by atoms with van der Waals surface area (Å²) >= 11 is 0. The van der Waals surface area contributed by atoms with E-state index in [9.17, 15) is 9.59 Å². The van der Waals surface area contributed by atoms with Crippen LogP contribution in [-0.2, 0) is 11.2 Å². The zero-order valence-corrected chi connectivity index (χ0v) is 11.0. The van der Waals surface area contributed by atoms with Crippen molar-refractivity contribution < 1.29 is 9.21 Å². The van der Waals surface area contributed by atoms with Crippen LogP contribution in [0.2, 0.25) is 0 Å². The summed E-state index contributed by atoms with van der Waals surface area (Å²) in [6.45, 7) is 1.75. The molecule has 20 heavy (non-hydrogen) atoms. The maximum Gasteiger partial charge on any atom is 0.340 e. The Kier molecular flexibility index (Phi) is 3.72. The molecule has 0 aliphatic rings. The van der Waals surface area contributed by atoms with E-state index in [4.69, 9.17) is 9.95 Å². The van der Waals surface area contributed by atoms with E-state index >= 15 is 0 Å². The van der Waals surface area contributed by atoms with Gasteiger partial charge in [0.15, 0.2) is 0 Å². The van der Waals surface area contributed by atoms with Crippen LogP contribution < -0.4 is 10.9 Å². The summed E-state index contributed by atoms with van der Waals surface area (Å²) in [6.07, 6.45) is -0.0291. The van der Waals surface area contributed by atoms with Gasteiger partial charge < -0.3 is 9.73 Å². The number of rotatable bonds is 3. The molecule has 102 valence electrons. The number of aryl methyl sites for hydroxylation is 1. The molecule has 2 rings (SSSR count). The van der Waals surface area contributed by atoms with Crippen LogP contribution in [0.5, 0.6) is 0 Å². The first kappa shape index (κ1) is 13.6. The van der Waals surface area contributed by atoms with E-state index in [0.29, 0.717) is 27.8 Å². The minimum absolute atomic E-state index is 0.0291. The third kappa shape index (κ3) is 2.48. The third-order valence-corrected chi connectivity index (χ3v) is 3.05. The number of likely N-dealkylation sites (N-methyl/N-ethyl adjacent to an activating group) is 1. The van der Waals surface area contributed by atoms with Gasteiger partial charge in [-0.25, -0.2) is 4.79 Å². The van der Waals surface area contributed by atoms with Crippen LogP contribution in [0.4, 0.5) is 5.69 Å². The fraction of sp³-hybridized carbons (Fsp3) is 0.231. The SMILES string of the molecule is CNC(=O)Cc1c(C)c2ccc(N=[N+]=[N-])cc2oc1=O. The lowest BCUT2D eigenvalue weighted by molar-refractivity contribution is -0.120. The Hall–Kier alpha value is -2.79. The minimum atomic E-state index is -0.559. The van der Waals surface area contributed by atoms with E-state index in [2.05, 4.69) is 15.3 Å². The molecule has 0 bridgehead atoms. The highest BCUT2D eigenvalue weighted by Gasteiger charge is 2.14. The van der Waals surface area contributed by atoms with Crippen molar-refractivity contribution in [1.29, 1.82) is 0 Å². The lowest BCUT2D eigenvalue weighted by Crippen LogP contribution is -2.24. The smallest absolute Gasteiger partial charge is 0.340 e. The van der Waals surface area contributed by atoms with Gasteiger partial charge in [-0.2, -0.15) is 0 Å². The lowest BCUT2D eigenvalue weighted by atomic mass is 10.0. The van der Waals surface area contributed by atoms with Crippen molar-refractivity contribution in [3.05, 3.63) is 50.2 Å². The molecule has 1 N–H and O–H groups in total. The molecule has 0 spiro atoms. The molecule has 0 radical (unpaired) electrons. The van der Waals surface area contributed by atoms with Gasteiger partial charge in [-0.3, -0.25) is 4.79 Å². The Morgan fingerprint density at radius 1 is 1.50 bits per heavy atom. The van der Waals surface area contributed by atoms with Crippen LogP contribution >= 0.6 is 0 Å². The molecular weight excluding hydrogens is 260 g/mol. The summed E-state index contributed by atoms with van der Waals surface area (Å²) in [5, 5.41) is 6.63. The summed E-state index contributed by atoms with van der Waals surface area (Å²) in [6, 6.07) is 4.82. The first-order chi connectivity index (χ1) is 9.56. The summed E-state index contributed by atoms with van der Waals surface area (Å²) in [5.41, 5.74) is 9.54. The van der Waals surface area contributed by atoms with Crippen molar-refractivity contribution in [3.63, 3.8) is 0 Å². The maximum absolute atomic E-state index is 11.9. The van der Waals surface area contributed by atoms with Crippen molar-refractivity contribution in [2.45, 2.75) is 13.3 Å². The average molecular weight is 272 g/mol. The number of benzene rings is 1. The molecule has 2 aromatic rings. The molecule has 1 aromatic heterocycles. The fourth-order valence-corrected chi connectivity index (χ4v) is 1.95. The summed E-state index contributed by atoms with van der Waals surface area (Å²) in [7, 11) is 1.51. The zero-order valence-electron chi connectivity index (χ0n) is 11.0. The second-order valence-corrected chi connectivity index (χ2v) is 4.21. The predicted molar refractivity (Wildman–Crippen MR) is 73.8 cm³/mol. The normalized spacial score (nSPS) is 10.1. The van der Waals surface area contributed by atoms with Gasteiger partial charge in [-0.1, -0.05) is 17.2 Å². The largest absolute Gasteiger partial charge is 0.422 e. The van der Waals surface area contributed by atoms with Gasteiger partial charge >= 0.3 is 5.63 Å². The Morgan fingerprint density at radius 2 is 2.25 bits per heavy atom. The molecule has 0 atom stereocenters. The van der Waals surface area contributed by atoms with E-state index in [-0.39, 0.29) is 12.3 Å². The van der Waals surface area contributed by atoms with E-state index in [0.717, 1.165) is 0 Å². The van der Waals surface area contributed by atoms with E-state index in [1.54, 1.807) is 19.1 Å². The Morgan fingerprint density at radius 3 is 2.90 bits per heavy atom. The van der Waals surface area contributed by atoms with E-state index in [1.165, 1.54) is 13.1 Å². The number of hydrogen-bond donors (Lipinski definition) is 1. The fourth-order valence-electron chi connectivity index (χ4n) is 1.95. The van der Waals surface area contributed by atoms with Gasteiger partial charge in [0.05, 0.1) is 12.0 Å². The summed E-state index contributed by atoms with van der Waals surface area (Å²) in [5.74, 6) is -0.259. The molecule has 1 aromatic carbocycles. The standard InChI is InChI=1S/C13H12N4O3/c1-7-9-4-3-8(16-17-14)5-11(9)20-13(19)10(7)6-12(18)15-2/h3-5H,6H2,1-2H3,(H,15,18). The van der Waals surface area contributed by atoms with Gasteiger partial charge in [0, 0.05) is 23.0 Å². The molecule has 1 heterocycles. The maximum atomic E-state index is 11.9. The molecule has 0 aliphatic heterocycles. The van der Waals surface area contributed by atoms with Crippen molar-refractivity contribution >= 4 is 22.6 Å². The molecule has 0 aliphatic carbocycles. The van der Waals surface area contributed by atoms with Crippen LogP contribution in [0.3, 0.4) is 0 Å². The second-order valence-electron chi connectivity index (χ2n) is 4.21. The Bertz CT molecular complexity index is 788. The van der Waals surface area contributed by atoms with Crippen molar-refractivity contribution in [2.75, 3.05) is 7.05 Å². The third-order valence-electron chi connectivity index (χ3n) is 3.05. The number of carbonyl (C=O) groups is 1. The molecule has 0 saturated heterocycles. The highest BCUT2D eigenvalue weighted by atomic mass is 16.4. The molecule has 0 unspecified atom stereocenters. The van der Waals surface area contributed by atoms with Crippen molar-refractivity contribution in [3.8, 4) is 0 Å². The van der Waals surface area contributed by atoms with Crippen molar-refractivity contribution in [2.24, 2.45) is 5.11 Å². The highest BCUT2D eigenvalue weighted by molar-refractivity contribution is 5.86. The molecular formula is C13H12N4O3. The van der Waals surface area contributed by atoms with Crippen LogP contribution in [-0.4, -0.2) is 13.0 Å². The molecule has 7 heteroatoms. The topological polar surface area (TPSA) is 108 Å². The van der Waals surface area contributed by atoms with Gasteiger partial charge in [0.2, 0.25) is 5.91 Å². The number of amides is 1. The molecule has 7 nitrogen and oxygen atoms in total. The highest BCUT2D eigenvalue weighted by Crippen LogP contribution is 2.24. The van der Waals surface area contributed by atoms with Crippen LogP contribution in [0.15, 0.2) is 32.5 Å². The van der Waals surface area contributed by atoms with Gasteiger partial charge in [-0.05, 0) is 24.1 Å². The first-order valence-corrected chi connectivity index (χ1v) is 5.89. The Balaban J connectivity index is 2.64. The van der Waals surface area contributed by atoms with E-state index < -0.39 is 5.63 Å². The number of nitrogens with zero attached hydrogens (tertiary/aromatic N) is 3. The monoisotopic (exact) mass is 272 g/mol. The van der Waals surface area contributed by atoms with Gasteiger partial charge in [0.1, 0.15) is 5.58 Å². The number of carbonyl (C=O) groups excluding carboxylic acids is 1. The molecule has 1 amide bonds. The average Bonchev–Trinajstić information content (AvgIpc) is 2.43. The van der Waals surface area contributed by atoms with Crippen LogP contribution in [0.1, 0.15) is 11.1 Å².